The van der Waals surface area contributed by atoms with Crippen LogP contribution < -0.4 is 15.4 Å². The minimum atomic E-state index is -0.628. The Morgan fingerprint density at radius 2 is 1.88 bits per heavy atom. The van der Waals surface area contributed by atoms with Crippen LogP contribution in [0.4, 0.5) is 0 Å². The Labute approximate surface area is 163 Å². The molecule has 2 aromatic carbocycles. The van der Waals surface area contributed by atoms with E-state index in [2.05, 4.69) is 24.5 Å². The monoisotopic (exact) mass is 388 g/mol. The standard InChI is InChI=1S/C20H21ClN2O2S/c1-19(2)11-20(23-18(26)22-19)10-16(12-3-5-13(21)6-4-12)15-8-7-14(24)9-17(15)25-20/h3-9,16,24H,10-11H2,1-2H3,(H2,22,23,26)/t16-,20+/m0/s1. The lowest BCUT2D eigenvalue weighted by Crippen LogP contribution is -2.69. The molecule has 2 heterocycles. The Kier molecular flexibility index (Phi) is 4.04. The summed E-state index contributed by atoms with van der Waals surface area (Å²) in [4.78, 5) is 0. The normalized spacial score (nSPS) is 26.4. The molecule has 2 atom stereocenters. The second-order valence-corrected chi connectivity index (χ2v) is 8.61. The van der Waals surface area contributed by atoms with Crippen molar-refractivity contribution in [3.05, 3.63) is 58.6 Å². The van der Waals surface area contributed by atoms with Crippen LogP contribution in [0.2, 0.25) is 5.02 Å². The highest BCUT2D eigenvalue weighted by Crippen LogP contribution is 2.47. The summed E-state index contributed by atoms with van der Waals surface area (Å²) in [5.41, 5.74) is 1.39. The molecule has 1 fully saturated rings. The molecule has 6 heteroatoms. The Morgan fingerprint density at radius 1 is 1.15 bits per heavy atom. The van der Waals surface area contributed by atoms with E-state index in [9.17, 15) is 5.11 Å². The number of ether oxygens (including phenoxy) is 1. The number of fused-ring (bicyclic) bond motifs is 1. The van der Waals surface area contributed by atoms with E-state index >= 15 is 0 Å². The molecular formula is C20H21ClN2O2S. The van der Waals surface area contributed by atoms with Crippen LogP contribution in [-0.2, 0) is 0 Å². The first-order chi connectivity index (χ1) is 12.3. The zero-order valence-electron chi connectivity index (χ0n) is 14.7. The van der Waals surface area contributed by atoms with Crippen molar-refractivity contribution in [1.82, 2.24) is 10.6 Å². The molecule has 3 N–H and O–H groups in total. The number of halogens is 1. The number of aromatic hydroxyl groups is 1. The van der Waals surface area contributed by atoms with E-state index in [1.54, 1.807) is 12.1 Å². The zero-order chi connectivity index (χ0) is 18.5. The molecule has 0 radical (unpaired) electrons. The fourth-order valence-electron chi connectivity index (χ4n) is 4.12. The summed E-state index contributed by atoms with van der Waals surface area (Å²) in [6.07, 6.45) is 1.47. The molecule has 0 saturated carbocycles. The third-order valence-corrected chi connectivity index (χ3v) is 5.46. The first-order valence-corrected chi connectivity index (χ1v) is 9.42. The molecule has 0 aliphatic carbocycles. The van der Waals surface area contributed by atoms with E-state index in [0.717, 1.165) is 24.0 Å². The lowest BCUT2D eigenvalue weighted by Gasteiger charge is -2.50. The van der Waals surface area contributed by atoms with Gasteiger partial charge in [0.2, 0.25) is 0 Å². The largest absolute Gasteiger partial charge is 0.508 e. The van der Waals surface area contributed by atoms with E-state index in [1.165, 1.54) is 0 Å². The van der Waals surface area contributed by atoms with Gasteiger partial charge in [-0.2, -0.15) is 0 Å². The van der Waals surface area contributed by atoms with Crippen LogP contribution >= 0.6 is 23.8 Å². The smallest absolute Gasteiger partial charge is 0.185 e. The van der Waals surface area contributed by atoms with Gasteiger partial charge in [-0.05, 0) is 49.8 Å². The average molecular weight is 389 g/mol. The van der Waals surface area contributed by atoms with Crippen molar-refractivity contribution in [2.75, 3.05) is 0 Å². The van der Waals surface area contributed by atoms with Crippen LogP contribution in [0.25, 0.3) is 0 Å². The van der Waals surface area contributed by atoms with Crippen molar-refractivity contribution in [2.45, 2.75) is 43.9 Å². The first-order valence-electron chi connectivity index (χ1n) is 8.63. The van der Waals surface area contributed by atoms with Crippen LogP contribution in [0.3, 0.4) is 0 Å². The van der Waals surface area contributed by atoms with Crippen molar-refractivity contribution in [3.63, 3.8) is 0 Å². The molecule has 0 unspecified atom stereocenters. The van der Waals surface area contributed by atoms with Gasteiger partial charge in [0.1, 0.15) is 11.5 Å². The number of hydrogen-bond donors (Lipinski definition) is 3. The van der Waals surface area contributed by atoms with E-state index in [0.29, 0.717) is 15.9 Å². The molecule has 4 rings (SSSR count). The number of benzene rings is 2. The minimum Gasteiger partial charge on any atom is -0.508 e. The number of phenols is 1. The predicted octanol–water partition coefficient (Wildman–Crippen LogP) is 4.30. The van der Waals surface area contributed by atoms with E-state index < -0.39 is 5.72 Å². The van der Waals surface area contributed by atoms with E-state index in [1.807, 2.05) is 30.3 Å². The molecule has 1 spiro atoms. The molecule has 26 heavy (non-hydrogen) atoms. The lowest BCUT2D eigenvalue weighted by atomic mass is 9.77. The maximum Gasteiger partial charge on any atom is 0.185 e. The molecule has 0 amide bonds. The summed E-state index contributed by atoms with van der Waals surface area (Å²) in [6.45, 7) is 4.22. The third-order valence-electron chi connectivity index (χ3n) is 5.00. The van der Waals surface area contributed by atoms with Gasteiger partial charge in [-0.3, -0.25) is 0 Å². The number of thiocarbonyl (C=S) groups is 1. The number of rotatable bonds is 1. The van der Waals surface area contributed by atoms with Crippen molar-refractivity contribution < 1.29 is 9.84 Å². The van der Waals surface area contributed by atoms with Crippen LogP contribution in [0.15, 0.2) is 42.5 Å². The van der Waals surface area contributed by atoms with Crippen molar-refractivity contribution >= 4 is 28.9 Å². The molecular weight excluding hydrogens is 368 g/mol. The molecule has 136 valence electrons. The molecule has 1 saturated heterocycles. The molecule has 2 aliphatic rings. The van der Waals surface area contributed by atoms with Gasteiger partial charge in [0.15, 0.2) is 10.8 Å². The van der Waals surface area contributed by atoms with Crippen molar-refractivity contribution in [2.24, 2.45) is 0 Å². The maximum absolute atomic E-state index is 9.97. The molecule has 2 aliphatic heterocycles. The van der Waals surface area contributed by atoms with Gasteiger partial charge in [0, 0.05) is 41.0 Å². The average Bonchev–Trinajstić information content (AvgIpc) is 2.52. The fraction of sp³-hybridized carbons (Fsp3) is 0.350. The van der Waals surface area contributed by atoms with E-state index in [4.69, 9.17) is 28.6 Å². The number of phenolic OH excluding ortho intramolecular Hbond substituents is 1. The van der Waals surface area contributed by atoms with Gasteiger partial charge in [0.05, 0.1) is 0 Å². The topological polar surface area (TPSA) is 53.5 Å². The molecule has 0 bridgehead atoms. The van der Waals surface area contributed by atoms with Gasteiger partial charge in [-0.25, -0.2) is 0 Å². The Bertz CT molecular complexity index is 869. The summed E-state index contributed by atoms with van der Waals surface area (Å²) in [5, 5.41) is 17.9. The van der Waals surface area contributed by atoms with Gasteiger partial charge < -0.3 is 20.5 Å². The second-order valence-electron chi connectivity index (χ2n) is 7.77. The molecule has 2 aromatic rings. The second kappa shape index (κ2) is 6.03. The molecule has 4 nitrogen and oxygen atoms in total. The van der Waals surface area contributed by atoms with Gasteiger partial charge in [0.25, 0.3) is 0 Å². The van der Waals surface area contributed by atoms with E-state index in [-0.39, 0.29) is 17.2 Å². The quantitative estimate of drug-likeness (QED) is 0.636. The first kappa shape index (κ1) is 17.4. The minimum absolute atomic E-state index is 0.112. The number of hydrogen-bond acceptors (Lipinski definition) is 3. The van der Waals surface area contributed by atoms with Gasteiger partial charge in [-0.15, -0.1) is 0 Å². The van der Waals surface area contributed by atoms with Crippen LogP contribution in [0, 0.1) is 0 Å². The fourth-order valence-corrected chi connectivity index (χ4v) is 4.70. The summed E-state index contributed by atoms with van der Waals surface area (Å²) < 4.78 is 6.40. The maximum atomic E-state index is 9.97. The van der Waals surface area contributed by atoms with Crippen molar-refractivity contribution in [1.29, 1.82) is 0 Å². The number of nitrogens with one attached hydrogen (secondary N) is 2. The zero-order valence-corrected chi connectivity index (χ0v) is 16.2. The van der Waals surface area contributed by atoms with Gasteiger partial charge >= 0.3 is 0 Å². The lowest BCUT2D eigenvalue weighted by molar-refractivity contribution is -0.0128. The summed E-state index contributed by atoms with van der Waals surface area (Å²) in [6, 6.07) is 13.2. The SMILES string of the molecule is CC1(C)C[C@]2(C[C@@H](c3ccc(Cl)cc3)c3ccc(O)cc3O2)NC(=S)N1. The summed E-state index contributed by atoms with van der Waals surface area (Å²) in [5.74, 6) is 0.983. The van der Waals surface area contributed by atoms with Crippen molar-refractivity contribution in [3.8, 4) is 11.5 Å². The van der Waals surface area contributed by atoms with Crippen LogP contribution in [-0.4, -0.2) is 21.5 Å². The molecule has 0 aromatic heterocycles. The van der Waals surface area contributed by atoms with Crippen LogP contribution in [0.5, 0.6) is 11.5 Å². The predicted molar refractivity (Wildman–Crippen MR) is 107 cm³/mol. The Balaban J connectivity index is 1.81. The van der Waals surface area contributed by atoms with Crippen LogP contribution in [0.1, 0.15) is 43.7 Å². The highest BCUT2D eigenvalue weighted by atomic mass is 35.5. The van der Waals surface area contributed by atoms with Gasteiger partial charge in [-0.1, -0.05) is 29.8 Å². The highest BCUT2D eigenvalue weighted by Gasteiger charge is 2.48. The third kappa shape index (κ3) is 3.21. The Hall–Kier alpha value is -1.98. The summed E-state index contributed by atoms with van der Waals surface area (Å²) in [7, 11) is 0. The highest BCUT2D eigenvalue weighted by molar-refractivity contribution is 7.80. The Morgan fingerprint density at radius 3 is 2.58 bits per heavy atom. The summed E-state index contributed by atoms with van der Waals surface area (Å²) >= 11 is 11.5.